The summed E-state index contributed by atoms with van der Waals surface area (Å²) in [7, 11) is -2.83. The number of para-hydroxylation sites is 1. The molecule has 3 rings (SSSR count). The van der Waals surface area contributed by atoms with Crippen LogP contribution >= 0.6 is 0 Å². The Kier molecular flexibility index (Phi) is 10.3. The summed E-state index contributed by atoms with van der Waals surface area (Å²) in [5, 5.41) is 2.88. The third-order valence-electron chi connectivity index (χ3n) is 6.66. The number of anilines is 1. The van der Waals surface area contributed by atoms with E-state index in [0.29, 0.717) is 17.7 Å². The Bertz CT molecular complexity index is 1430. The van der Waals surface area contributed by atoms with E-state index in [1.807, 2.05) is 20.8 Å². The maximum atomic E-state index is 15.0. The number of hydrogen-bond acceptors (Lipinski definition) is 5. The van der Waals surface area contributed by atoms with Crippen LogP contribution in [0.1, 0.15) is 38.3 Å². The summed E-state index contributed by atoms with van der Waals surface area (Å²) in [6.45, 7) is 6.46. The number of aryl methyl sites for hydroxylation is 1. The highest BCUT2D eigenvalue weighted by molar-refractivity contribution is 7.92. The number of amides is 2. The van der Waals surface area contributed by atoms with Crippen molar-refractivity contribution < 1.29 is 27.1 Å². The van der Waals surface area contributed by atoms with Crippen LogP contribution in [-0.4, -0.2) is 50.9 Å². The van der Waals surface area contributed by atoms with E-state index in [1.54, 1.807) is 43.3 Å². The van der Waals surface area contributed by atoms with Crippen LogP contribution in [0.3, 0.4) is 0 Å². The summed E-state index contributed by atoms with van der Waals surface area (Å²) in [5.41, 5.74) is 1.25. The Morgan fingerprint density at radius 3 is 2.30 bits per heavy atom. The Labute approximate surface area is 235 Å². The molecule has 40 heavy (non-hydrogen) atoms. The van der Waals surface area contributed by atoms with Crippen LogP contribution in [-0.2, 0) is 26.2 Å². The summed E-state index contributed by atoms with van der Waals surface area (Å²) in [6, 6.07) is 17.4. The molecule has 3 aromatic carbocycles. The molecule has 8 nitrogen and oxygen atoms in total. The summed E-state index contributed by atoms with van der Waals surface area (Å²) in [6.07, 6.45) is 0.693. The standard InChI is InChI=1S/C30H36FN3O5S/c1-6-22(3)32-30(36)23(4)33(19-24-10-9-11-25(18-24)39-5)29(35)20-34(28-13-8-7-12-27(28)31)40(37,38)26-16-14-21(2)15-17-26/h7-18,22-23H,6,19-20H2,1-5H3,(H,32,36)/t22-,23-/m0/s1. The van der Waals surface area contributed by atoms with Crippen molar-refractivity contribution in [3.8, 4) is 5.75 Å². The molecule has 0 unspecified atom stereocenters. The minimum absolute atomic E-state index is 0.000811. The van der Waals surface area contributed by atoms with Gasteiger partial charge in [0.25, 0.3) is 10.0 Å². The van der Waals surface area contributed by atoms with Gasteiger partial charge in [0.15, 0.2) is 0 Å². The Hall–Kier alpha value is -3.92. The number of hydrogen-bond donors (Lipinski definition) is 1. The maximum absolute atomic E-state index is 15.0. The van der Waals surface area contributed by atoms with Crippen molar-refractivity contribution >= 4 is 27.5 Å². The molecule has 0 spiro atoms. The summed E-state index contributed by atoms with van der Waals surface area (Å²) in [4.78, 5) is 28.2. The number of carbonyl (C=O) groups is 2. The molecule has 0 fully saturated rings. The number of nitrogens with one attached hydrogen (secondary N) is 1. The number of ether oxygens (including phenoxy) is 1. The van der Waals surface area contributed by atoms with E-state index in [1.165, 1.54) is 42.3 Å². The van der Waals surface area contributed by atoms with Crippen LogP contribution in [0.2, 0.25) is 0 Å². The second-order valence-corrected chi connectivity index (χ2v) is 11.5. The van der Waals surface area contributed by atoms with Crippen molar-refractivity contribution in [1.82, 2.24) is 10.2 Å². The summed E-state index contributed by atoms with van der Waals surface area (Å²) < 4.78 is 48.6. The molecule has 0 aliphatic rings. The Morgan fingerprint density at radius 2 is 1.68 bits per heavy atom. The van der Waals surface area contributed by atoms with Gasteiger partial charge >= 0.3 is 0 Å². The highest BCUT2D eigenvalue weighted by Crippen LogP contribution is 2.27. The molecular weight excluding hydrogens is 533 g/mol. The highest BCUT2D eigenvalue weighted by atomic mass is 32.2. The second kappa shape index (κ2) is 13.4. The maximum Gasteiger partial charge on any atom is 0.264 e. The molecule has 3 aromatic rings. The van der Waals surface area contributed by atoms with E-state index in [2.05, 4.69) is 5.32 Å². The fourth-order valence-corrected chi connectivity index (χ4v) is 5.44. The number of sulfonamides is 1. The lowest BCUT2D eigenvalue weighted by Gasteiger charge is -2.32. The summed E-state index contributed by atoms with van der Waals surface area (Å²) >= 11 is 0. The predicted octanol–water partition coefficient (Wildman–Crippen LogP) is 4.67. The zero-order valence-electron chi connectivity index (χ0n) is 23.4. The van der Waals surface area contributed by atoms with E-state index in [4.69, 9.17) is 4.74 Å². The molecule has 1 N–H and O–H groups in total. The van der Waals surface area contributed by atoms with E-state index < -0.39 is 34.3 Å². The van der Waals surface area contributed by atoms with Crippen molar-refractivity contribution in [2.75, 3.05) is 18.0 Å². The number of rotatable bonds is 12. The number of benzene rings is 3. The van der Waals surface area contributed by atoms with E-state index >= 15 is 0 Å². The van der Waals surface area contributed by atoms with Gasteiger partial charge in [-0.25, -0.2) is 12.8 Å². The molecule has 0 saturated heterocycles. The molecule has 2 amide bonds. The van der Waals surface area contributed by atoms with Crippen LogP contribution in [0.25, 0.3) is 0 Å². The first-order chi connectivity index (χ1) is 19.0. The first-order valence-electron chi connectivity index (χ1n) is 13.0. The van der Waals surface area contributed by atoms with Crippen molar-refractivity contribution in [1.29, 1.82) is 0 Å². The average molecular weight is 570 g/mol. The average Bonchev–Trinajstić information content (AvgIpc) is 2.94. The van der Waals surface area contributed by atoms with Crippen LogP contribution in [0.15, 0.2) is 77.7 Å². The van der Waals surface area contributed by atoms with Crippen molar-refractivity contribution in [2.24, 2.45) is 0 Å². The number of halogens is 1. The number of methoxy groups -OCH3 is 1. The van der Waals surface area contributed by atoms with E-state index in [0.717, 1.165) is 15.9 Å². The lowest BCUT2D eigenvalue weighted by atomic mass is 10.1. The molecule has 0 heterocycles. The number of carbonyl (C=O) groups excluding carboxylic acids is 2. The zero-order chi connectivity index (χ0) is 29.4. The molecule has 10 heteroatoms. The molecule has 0 radical (unpaired) electrons. The van der Waals surface area contributed by atoms with Crippen LogP contribution in [0.5, 0.6) is 5.75 Å². The van der Waals surface area contributed by atoms with Gasteiger partial charge in [0.1, 0.15) is 24.2 Å². The topological polar surface area (TPSA) is 96.0 Å². The molecule has 0 aliphatic heterocycles. The van der Waals surface area contributed by atoms with Gasteiger partial charge < -0.3 is 15.0 Å². The van der Waals surface area contributed by atoms with Gasteiger partial charge in [0.05, 0.1) is 17.7 Å². The van der Waals surface area contributed by atoms with Gasteiger partial charge in [0, 0.05) is 12.6 Å². The smallest absolute Gasteiger partial charge is 0.264 e. The SMILES string of the molecule is CC[C@H](C)NC(=O)[C@H](C)N(Cc1cccc(OC)c1)C(=O)CN(c1ccccc1F)S(=O)(=O)c1ccc(C)cc1. The van der Waals surface area contributed by atoms with Gasteiger partial charge in [-0.05, 0) is 69.2 Å². The van der Waals surface area contributed by atoms with Gasteiger partial charge in [-0.3, -0.25) is 13.9 Å². The van der Waals surface area contributed by atoms with Crippen LogP contribution in [0.4, 0.5) is 10.1 Å². The fraction of sp³-hybridized carbons (Fsp3) is 0.333. The lowest BCUT2D eigenvalue weighted by molar-refractivity contribution is -0.139. The van der Waals surface area contributed by atoms with Crippen molar-refractivity contribution in [2.45, 2.75) is 57.6 Å². The Balaban J connectivity index is 2.04. The molecule has 0 bridgehead atoms. The largest absolute Gasteiger partial charge is 0.497 e. The van der Waals surface area contributed by atoms with E-state index in [9.17, 15) is 22.4 Å². The monoisotopic (exact) mass is 569 g/mol. The second-order valence-electron chi connectivity index (χ2n) is 9.64. The van der Waals surface area contributed by atoms with Gasteiger partial charge in [-0.2, -0.15) is 0 Å². The van der Waals surface area contributed by atoms with Gasteiger partial charge in [0.2, 0.25) is 11.8 Å². The predicted molar refractivity (Wildman–Crippen MR) is 153 cm³/mol. The molecule has 0 aromatic heterocycles. The first-order valence-corrected chi connectivity index (χ1v) is 14.5. The van der Waals surface area contributed by atoms with Crippen molar-refractivity contribution in [3.05, 3.63) is 89.7 Å². The molecule has 2 atom stereocenters. The van der Waals surface area contributed by atoms with Gasteiger partial charge in [-0.15, -0.1) is 0 Å². The molecule has 0 aliphatic carbocycles. The van der Waals surface area contributed by atoms with Crippen LogP contribution in [0, 0.1) is 12.7 Å². The zero-order valence-corrected chi connectivity index (χ0v) is 24.2. The lowest BCUT2D eigenvalue weighted by Crippen LogP contribution is -2.52. The first kappa shape index (κ1) is 30.6. The summed E-state index contributed by atoms with van der Waals surface area (Å²) in [5.74, 6) is -1.29. The molecule has 0 saturated carbocycles. The fourth-order valence-electron chi connectivity index (χ4n) is 4.02. The van der Waals surface area contributed by atoms with Crippen molar-refractivity contribution in [3.63, 3.8) is 0 Å². The minimum Gasteiger partial charge on any atom is -0.497 e. The molecular formula is C30H36FN3O5S. The third kappa shape index (κ3) is 7.38. The molecule has 214 valence electrons. The Morgan fingerprint density at radius 1 is 1.00 bits per heavy atom. The van der Waals surface area contributed by atoms with Crippen LogP contribution < -0.4 is 14.4 Å². The quantitative estimate of drug-likeness (QED) is 0.342. The minimum atomic E-state index is -4.35. The van der Waals surface area contributed by atoms with Gasteiger partial charge in [-0.1, -0.05) is 48.9 Å². The normalized spacial score (nSPS) is 12.8. The third-order valence-corrected chi connectivity index (χ3v) is 8.44. The highest BCUT2D eigenvalue weighted by Gasteiger charge is 2.33. The number of nitrogens with zero attached hydrogens (tertiary/aromatic N) is 2. The van der Waals surface area contributed by atoms with E-state index in [-0.39, 0.29) is 29.1 Å².